The monoisotopic (exact) mass is 313 g/mol. The van der Waals surface area contributed by atoms with E-state index in [1.54, 1.807) is 0 Å². The summed E-state index contributed by atoms with van der Waals surface area (Å²) >= 11 is 12.5. The van der Waals surface area contributed by atoms with Gasteiger partial charge >= 0.3 is 0 Å². The fourth-order valence-corrected chi connectivity index (χ4v) is 2.75. The van der Waals surface area contributed by atoms with Crippen LogP contribution in [0.15, 0.2) is 18.2 Å². The lowest BCUT2D eigenvalue weighted by atomic mass is 10.2. The van der Waals surface area contributed by atoms with Crippen LogP contribution in [-0.2, 0) is 6.54 Å². The smallest absolute Gasteiger partial charge is 0.127 e. The maximum Gasteiger partial charge on any atom is 0.127 e. The predicted molar refractivity (Wildman–Crippen MR) is 86.8 cm³/mol. The maximum atomic E-state index is 6.26. The molecule has 1 aromatic carbocycles. The van der Waals surface area contributed by atoms with Gasteiger partial charge in [-0.1, -0.05) is 17.7 Å². The molecule has 0 fully saturated rings. The van der Waals surface area contributed by atoms with Crippen LogP contribution >= 0.6 is 23.2 Å². The minimum atomic E-state index is -0.118. The van der Waals surface area contributed by atoms with Gasteiger partial charge in [-0.2, -0.15) is 0 Å². The molecule has 20 heavy (non-hydrogen) atoms. The lowest BCUT2D eigenvalue weighted by molar-refractivity contribution is 0.387. The molecular formula is C15H21Cl2N3. The summed E-state index contributed by atoms with van der Waals surface area (Å²) in [4.78, 5) is 6.82. The SMILES string of the molecule is CC(Cl)c1nc2c(Cl)cccc2n1CCCCN(C)C. The molecule has 1 unspecified atom stereocenters. The third-order valence-electron chi connectivity index (χ3n) is 3.35. The molecule has 0 bridgehead atoms. The van der Waals surface area contributed by atoms with E-state index < -0.39 is 0 Å². The first-order valence-corrected chi connectivity index (χ1v) is 7.75. The summed E-state index contributed by atoms with van der Waals surface area (Å²) in [6.07, 6.45) is 2.26. The number of para-hydroxylation sites is 1. The van der Waals surface area contributed by atoms with E-state index in [2.05, 4.69) is 34.6 Å². The average Bonchev–Trinajstić information content (AvgIpc) is 2.75. The highest BCUT2D eigenvalue weighted by atomic mass is 35.5. The number of aryl methyl sites for hydroxylation is 1. The van der Waals surface area contributed by atoms with E-state index in [4.69, 9.17) is 23.2 Å². The standard InChI is InChI=1S/C15H21Cl2N3/c1-11(16)15-18-14-12(17)7-6-8-13(14)20(15)10-5-4-9-19(2)3/h6-8,11H,4-5,9-10H2,1-3H3. The fourth-order valence-electron chi connectivity index (χ4n) is 2.37. The van der Waals surface area contributed by atoms with Gasteiger partial charge < -0.3 is 9.47 Å². The van der Waals surface area contributed by atoms with Crippen molar-refractivity contribution in [1.29, 1.82) is 0 Å². The number of rotatable bonds is 6. The van der Waals surface area contributed by atoms with Gasteiger partial charge in [0.05, 0.1) is 15.9 Å². The topological polar surface area (TPSA) is 21.1 Å². The normalized spacial score (nSPS) is 13.3. The minimum Gasteiger partial charge on any atom is -0.327 e. The summed E-state index contributed by atoms with van der Waals surface area (Å²) in [5, 5.41) is 0.570. The van der Waals surface area contributed by atoms with Gasteiger partial charge in [-0.25, -0.2) is 4.98 Å². The van der Waals surface area contributed by atoms with Gasteiger partial charge in [0.2, 0.25) is 0 Å². The highest BCUT2D eigenvalue weighted by Crippen LogP contribution is 2.29. The second-order valence-corrected chi connectivity index (χ2v) is 6.42. The highest BCUT2D eigenvalue weighted by Gasteiger charge is 2.16. The van der Waals surface area contributed by atoms with Crippen molar-refractivity contribution in [2.45, 2.75) is 31.7 Å². The van der Waals surface area contributed by atoms with Crippen molar-refractivity contribution in [1.82, 2.24) is 14.5 Å². The molecule has 2 rings (SSSR count). The first kappa shape index (κ1) is 15.6. The van der Waals surface area contributed by atoms with E-state index in [1.165, 1.54) is 0 Å². The van der Waals surface area contributed by atoms with Crippen molar-refractivity contribution < 1.29 is 0 Å². The number of alkyl halides is 1. The van der Waals surface area contributed by atoms with Gasteiger partial charge in [0.25, 0.3) is 0 Å². The van der Waals surface area contributed by atoms with E-state index in [1.807, 2.05) is 19.1 Å². The molecule has 0 saturated carbocycles. The number of nitrogens with zero attached hydrogens (tertiary/aromatic N) is 3. The Morgan fingerprint density at radius 3 is 2.70 bits per heavy atom. The highest BCUT2D eigenvalue weighted by molar-refractivity contribution is 6.35. The van der Waals surface area contributed by atoms with E-state index >= 15 is 0 Å². The largest absolute Gasteiger partial charge is 0.327 e. The second kappa shape index (κ2) is 6.79. The number of halogens is 2. The van der Waals surface area contributed by atoms with Gasteiger partial charge in [-0.3, -0.25) is 0 Å². The maximum absolute atomic E-state index is 6.26. The molecule has 3 nitrogen and oxygen atoms in total. The van der Waals surface area contributed by atoms with Crippen LogP contribution in [0, 0.1) is 0 Å². The van der Waals surface area contributed by atoms with Gasteiger partial charge in [0.1, 0.15) is 11.3 Å². The zero-order valence-electron chi connectivity index (χ0n) is 12.2. The molecule has 1 heterocycles. The van der Waals surface area contributed by atoms with E-state index in [0.717, 1.165) is 42.8 Å². The second-order valence-electron chi connectivity index (χ2n) is 5.36. The number of imidazole rings is 1. The quantitative estimate of drug-likeness (QED) is 0.584. The van der Waals surface area contributed by atoms with Gasteiger partial charge in [-0.15, -0.1) is 11.6 Å². The summed E-state index contributed by atoms with van der Waals surface area (Å²) in [5.74, 6) is 0.902. The lowest BCUT2D eigenvalue weighted by Gasteiger charge is -2.12. The Labute approximate surface area is 130 Å². The Kier molecular flexibility index (Phi) is 5.30. The zero-order chi connectivity index (χ0) is 14.7. The lowest BCUT2D eigenvalue weighted by Crippen LogP contribution is -2.14. The number of aromatic nitrogens is 2. The van der Waals surface area contributed by atoms with Crippen LogP contribution in [0.2, 0.25) is 5.02 Å². The zero-order valence-corrected chi connectivity index (χ0v) is 13.7. The van der Waals surface area contributed by atoms with Crippen LogP contribution in [0.3, 0.4) is 0 Å². The van der Waals surface area contributed by atoms with Crippen molar-refractivity contribution in [3.05, 3.63) is 29.0 Å². The molecule has 0 aliphatic heterocycles. The Balaban J connectivity index is 2.25. The molecule has 1 aromatic heterocycles. The molecular weight excluding hydrogens is 293 g/mol. The molecule has 0 spiro atoms. The van der Waals surface area contributed by atoms with Crippen molar-refractivity contribution in [3.63, 3.8) is 0 Å². The van der Waals surface area contributed by atoms with Crippen LogP contribution in [0.4, 0.5) is 0 Å². The number of hydrogen-bond donors (Lipinski definition) is 0. The van der Waals surface area contributed by atoms with E-state index in [-0.39, 0.29) is 5.38 Å². The molecule has 0 radical (unpaired) electrons. The molecule has 0 N–H and O–H groups in total. The molecule has 2 aromatic rings. The van der Waals surface area contributed by atoms with Crippen LogP contribution in [-0.4, -0.2) is 35.1 Å². The van der Waals surface area contributed by atoms with Crippen molar-refractivity contribution in [2.75, 3.05) is 20.6 Å². The third-order valence-corrected chi connectivity index (χ3v) is 3.85. The predicted octanol–water partition coefficient (Wildman–Crippen LogP) is 4.33. The van der Waals surface area contributed by atoms with Gasteiger partial charge in [0.15, 0.2) is 0 Å². The van der Waals surface area contributed by atoms with E-state index in [0.29, 0.717) is 5.02 Å². The minimum absolute atomic E-state index is 0.118. The van der Waals surface area contributed by atoms with Crippen molar-refractivity contribution in [2.24, 2.45) is 0 Å². The number of unbranched alkanes of at least 4 members (excludes halogenated alkanes) is 1. The number of benzene rings is 1. The van der Waals surface area contributed by atoms with Crippen LogP contribution in [0.5, 0.6) is 0 Å². The van der Waals surface area contributed by atoms with E-state index in [9.17, 15) is 0 Å². The Morgan fingerprint density at radius 1 is 1.30 bits per heavy atom. The van der Waals surface area contributed by atoms with Crippen molar-refractivity contribution in [3.8, 4) is 0 Å². The Bertz CT molecular complexity index is 576. The summed E-state index contributed by atoms with van der Waals surface area (Å²) < 4.78 is 2.20. The summed E-state index contributed by atoms with van der Waals surface area (Å²) in [6.45, 7) is 3.98. The van der Waals surface area contributed by atoms with Gasteiger partial charge in [-0.05, 0) is 52.5 Å². The number of hydrogen-bond acceptors (Lipinski definition) is 2. The molecule has 0 amide bonds. The molecule has 110 valence electrons. The Morgan fingerprint density at radius 2 is 2.05 bits per heavy atom. The van der Waals surface area contributed by atoms with Crippen molar-refractivity contribution >= 4 is 34.2 Å². The van der Waals surface area contributed by atoms with Crippen LogP contribution < -0.4 is 0 Å². The first-order chi connectivity index (χ1) is 9.50. The molecule has 0 aliphatic carbocycles. The molecule has 1 atom stereocenters. The summed E-state index contributed by atoms with van der Waals surface area (Å²) in [7, 11) is 4.19. The first-order valence-electron chi connectivity index (χ1n) is 6.94. The van der Waals surface area contributed by atoms with Crippen LogP contribution in [0.1, 0.15) is 31.0 Å². The van der Waals surface area contributed by atoms with Crippen LogP contribution in [0.25, 0.3) is 11.0 Å². The average molecular weight is 314 g/mol. The Hall–Kier alpha value is -0.770. The summed E-state index contributed by atoms with van der Waals surface area (Å²) in [5.41, 5.74) is 1.93. The third kappa shape index (κ3) is 3.46. The molecule has 0 aliphatic rings. The summed E-state index contributed by atoms with van der Waals surface area (Å²) in [6, 6.07) is 5.89. The molecule has 0 saturated heterocycles. The van der Waals surface area contributed by atoms with Gasteiger partial charge in [0, 0.05) is 6.54 Å². The molecule has 5 heteroatoms. The number of fused-ring (bicyclic) bond motifs is 1. The fraction of sp³-hybridized carbons (Fsp3) is 0.533.